The highest BCUT2D eigenvalue weighted by Gasteiger charge is 2.18. The Balaban J connectivity index is 1.90. The van der Waals surface area contributed by atoms with Gasteiger partial charge in [0.1, 0.15) is 11.6 Å². The number of hydrogen-bond donors (Lipinski definition) is 2. The summed E-state index contributed by atoms with van der Waals surface area (Å²) in [6.07, 6.45) is 2.76. The van der Waals surface area contributed by atoms with E-state index in [2.05, 4.69) is 54.3 Å². The third kappa shape index (κ3) is 3.26. The first-order valence-corrected chi connectivity index (χ1v) is 7.81. The normalized spacial score (nSPS) is 11.6. The highest BCUT2D eigenvalue weighted by Crippen LogP contribution is 2.29. The summed E-state index contributed by atoms with van der Waals surface area (Å²) in [7, 11) is 0. The second-order valence-corrected chi connectivity index (χ2v) is 6.37. The lowest BCUT2D eigenvalue weighted by molar-refractivity contribution is 0.476. The number of anilines is 2. The molecule has 0 fully saturated rings. The highest BCUT2D eigenvalue weighted by molar-refractivity contribution is 5.77. The van der Waals surface area contributed by atoms with Crippen molar-refractivity contribution in [3.05, 3.63) is 54.2 Å². The Morgan fingerprint density at radius 2 is 1.91 bits per heavy atom. The maximum Gasteiger partial charge on any atom is 0.149 e. The number of rotatable bonds is 4. The van der Waals surface area contributed by atoms with E-state index in [4.69, 9.17) is 0 Å². The van der Waals surface area contributed by atoms with Gasteiger partial charge in [0, 0.05) is 11.8 Å². The van der Waals surface area contributed by atoms with Gasteiger partial charge in [0.2, 0.25) is 0 Å². The second-order valence-electron chi connectivity index (χ2n) is 6.37. The molecule has 0 amide bonds. The summed E-state index contributed by atoms with van der Waals surface area (Å²) < 4.78 is 0. The van der Waals surface area contributed by atoms with Crippen LogP contribution in [0, 0.1) is 0 Å². The Morgan fingerprint density at radius 1 is 1.09 bits per heavy atom. The number of aromatic hydroxyl groups is 1. The molecule has 0 bridgehead atoms. The number of nitrogens with one attached hydrogen (secondary N) is 1. The molecule has 0 saturated heterocycles. The van der Waals surface area contributed by atoms with E-state index >= 15 is 0 Å². The van der Waals surface area contributed by atoms with Crippen molar-refractivity contribution in [2.75, 3.05) is 5.32 Å². The quantitative estimate of drug-likeness (QED) is 0.729. The van der Waals surface area contributed by atoms with Gasteiger partial charge < -0.3 is 10.4 Å². The fourth-order valence-corrected chi connectivity index (χ4v) is 2.43. The molecule has 23 heavy (non-hydrogen) atoms. The van der Waals surface area contributed by atoms with Gasteiger partial charge in [-0.25, -0.2) is 4.98 Å². The molecule has 0 atom stereocenters. The monoisotopic (exact) mass is 307 g/mol. The Bertz CT molecular complexity index is 843. The van der Waals surface area contributed by atoms with Gasteiger partial charge in [-0.1, -0.05) is 32.9 Å². The van der Waals surface area contributed by atoms with Crippen LogP contribution in [0.25, 0.3) is 11.0 Å². The Kier molecular flexibility index (Phi) is 3.90. The van der Waals surface area contributed by atoms with Gasteiger partial charge in [-0.2, -0.15) is 0 Å². The molecule has 0 aliphatic heterocycles. The summed E-state index contributed by atoms with van der Waals surface area (Å²) in [5.74, 6) is 0.886. The van der Waals surface area contributed by atoms with E-state index < -0.39 is 0 Å². The summed E-state index contributed by atoms with van der Waals surface area (Å²) in [5.41, 5.74) is 3.86. The Labute approximate surface area is 136 Å². The van der Waals surface area contributed by atoms with Gasteiger partial charge in [0.05, 0.1) is 17.2 Å². The molecule has 4 heteroatoms. The molecule has 0 unspecified atom stereocenters. The summed E-state index contributed by atoms with van der Waals surface area (Å²) in [5, 5.41) is 12.8. The Hall–Kier alpha value is -2.62. The van der Waals surface area contributed by atoms with Crippen LogP contribution in [0.4, 0.5) is 11.5 Å². The van der Waals surface area contributed by atoms with Gasteiger partial charge >= 0.3 is 0 Å². The molecule has 0 radical (unpaired) electrons. The van der Waals surface area contributed by atoms with E-state index in [1.165, 1.54) is 5.56 Å². The number of phenols is 1. The largest absolute Gasteiger partial charge is 0.508 e. The summed E-state index contributed by atoms with van der Waals surface area (Å²) in [6, 6.07) is 13.4. The van der Waals surface area contributed by atoms with Gasteiger partial charge in [-0.05, 0) is 41.7 Å². The lowest BCUT2D eigenvalue weighted by Crippen LogP contribution is -2.15. The summed E-state index contributed by atoms with van der Waals surface area (Å²) in [6.45, 7) is 6.69. The van der Waals surface area contributed by atoms with Crippen molar-refractivity contribution in [1.82, 2.24) is 9.97 Å². The molecular weight excluding hydrogens is 286 g/mol. The molecule has 0 aliphatic rings. The van der Waals surface area contributed by atoms with Crippen LogP contribution >= 0.6 is 0 Å². The third-order valence-corrected chi connectivity index (χ3v) is 4.33. The zero-order chi connectivity index (χ0) is 16.4. The molecule has 0 spiro atoms. The number of benzene rings is 2. The number of hydrogen-bond acceptors (Lipinski definition) is 4. The van der Waals surface area contributed by atoms with E-state index in [-0.39, 0.29) is 11.2 Å². The molecule has 1 aromatic heterocycles. The van der Waals surface area contributed by atoms with E-state index in [0.717, 1.165) is 17.6 Å². The first-order valence-electron chi connectivity index (χ1n) is 7.81. The maximum absolute atomic E-state index is 9.48. The lowest BCUT2D eigenvalue weighted by atomic mass is 9.82. The molecule has 3 aromatic rings. The van der Waals surface area contributed by atoms with Gasteiger partial charge in [-0.3, -0.25) is 4.98 Å². The fourth-order valence-electron chi connectivity index (χ4n) is 2.43. The molecule has 2 aromatic carbocycles. The van der Waals surface area contributed by atoms with Crippen LogP contribution in [0.2, 0.25) is 0 Å². The summed E-state index contributed by atoms with van der Waals surface area (Å²) >= 11 is 0. The standard InChI is InChI=1S/C19H21N3O/c1-4-19(2,3)13-6-5-7-14(10-13)21-18-12-20-17-11-15(23)8-9-16(17)22-18/h5-12,23H,4H2,1-3H3,(H,21,22). The van der Waals surface area contributed by atoms with Crippen molar-refractivity contribution >= 4 is 22.5 Å². The molecule has 3 rings (SSSR count). The highest BCUT2D eigenvalue weighted by atomic mass is 16.3. The van der Waals surface area contributed by atoms with Crippen LogP contribution in [0.15, 0.2) is 48.7 Å². The van der Waals surface area contributed by atoms with Crippen LogP contribution in [-0.4, -0.2) is 15.1 Å². The van der Waals surface area contributed by atoms with Crippen molar-refractivity contribution in [2.24, 2.45) is 0 Å². The molecule has 0 aliphatic carbocycles. The van der Waals surface area contributed by atoms with Crippen molar-refractivity contribution in [2.45, 2.75) is 32.6 Å². The average molecular weight is 307 g/mol. The molecule has 118 valence electrons. The van der Waals surface area contributed by atoms with Crippen molar-refractivity contribution in [3.63, 3.8) is 0 Å². The smallest absolute Gasteiger partial charge is 0.149 e. The lowest BCUT2D eigenvalue weighted by Gasteiger charge is -2.24. The van der Waals surface area contributed by atoms with Gasteiger partial charge in [0.25, 0.3) is 0 Å². The number of aromatic nitrogens is 2. The minimum atomic E-state index is 0.143. The molecule has 4 nitrogen and oxygen atoms in total. The number of fused-ring (bicyclic) bond motifs is 1. The third-order valence-electron chi connectivity index (χ3n) is 4.33. The molecule has 2 N–H and O–H groups in total. The van der Waals surface area contributed by atoms with Crippen molar-refractivity contribution in [1.29, 1.82) is 0 Å². The molecular formula is C19H21N3O. The molecule has 1 heterocycles. The predicted molar refractivity (Wildman–Crippen MR) is 94.2 cm³/mol. The summed E-state index contributed by atoms with van der Waals surface area (Å²) in [4.78, 5) is 8.88. The van der Waals surface area contributed by atoms with E-state index in [1.54, 1.807) is 24.4 Å². The zero-order valence-corrected chi connectivity index (χ0v) is 13.7. The fraction of sp³-hybridized carbons (Fsp3) is 0.263. The van der Waals surface area contributed by atoms with Crippen molar-refractivity contribution < 1.29 is 5.11 Å². The predicted octanol–water partition coefficient (Wildman–Crippen LogP) is 4.77. The van der Waals surface area contributed by atoms with Crippen LogP contribution in [0.1, 0.15) is 32.8 Å². The first kappa shape index (κ1) is 15.3. The average Bonchev–Trinajstić information content (AvgIpc) is 2.55. The van der Waals surface area contributed by atoms with E-state index in [1.807, 2.05) is 6.07 Å². The SMILES string of the molecule is CCC(C)(C)c1cccc(Nc2cnc3cc(O)ccc3n2)c1. The Morgan fingerprint density at radius 3 is 2.70 bits per heavy atom. The number of phenolic OH excluding ortho intramolecular Hbond substituents is 1. The minimum Gasteiger partial charge on any atom is -0.508 e. The van der Waals surface area contributed by atoms with Crippen LogP contribution in [-0.2, 0) is 5.41 Å². The van der Waals surface area contributed by atoms with Crippen LogP contribution in [0.3, 0.4) is 0 Å². The van der Waals surface area contributed by atoms with E-state index in [9.17, 15) is 5.11 Å². The van der Waals surface area contributed by atoms with Crippen LogP contribution < -0.4 is 5.32 Å². The van der Waals surface area contributed by atoms with Crippen molar-refractivity contribution in [3.8, 4) is 5.75 Å². The second kappa shape index (κ2) is 5.88. The van der Waals surface area contributed by atoms with Gasteiger partial charge in [-0.15, -0.1) is 0 Å². The zero-order valence-electron chi connectivity index (χ0n) is 13.7. The molecule has 0 saturated carbocycles. The number of nitrogens with zero attached hydrogens (tertiary/aromatic N) is 2. The maximum atomic E-state index is 9.48. The van der Waals surface area contributed by atoms with E-state index in [0.29, 0.717) is 11.3 Å². The minimum absolute atomic E-state index is 0.143. The first-order chi connectivity index (χ1) is 11.0. The topological polar surface area (TPSA) is 58.0 Å². The van der Waals surface area contributed by atoms with Gasteiger partial charge in [0.15, 0.2) is 0 Å². The van der Waals surface area contributed by atoms with Crippen LogP contribution in [0.5, 0.6) is 5.75 Å².